The van der Waals surface area contributed by atoms with E-state index in [0.717, 1.165) is 23.8 Å². The Morgan fingerprint density at radius 3 is 2.84 bits per heavy atom. The Labute approximate surface area is 110 Å². The van der Waals surface area contributed by atoms with Gasteiger partial charge in [0.15, 0.2) is 11.6 Å². The molecule has 19 heavy (non-hydrogen) atoms. The Bertz CT molecular complexity index is 573. The van der Waals surface area contributed by atoms with Crippen molar-refractivity contribution < 1.29 is 13.5 Å². The Morgan fingerprint density at radius 1 is 1.32 bits per heavy atom. The van der Waals surface area contributed by atoms with Crippen LogP contribution in [-0.2, 0) is 6.42 Å². The first kappa shape index (κ1) is 13.4. The number of rotatable bonds is 4. The van der Waals surface area contributed by atoms with E-state index < -0.39 is 11.6 Å². The molecule has 0 aliphatic heterocycles. The third-order valence-electron chi connectivity index (χ3n) is 2.49. The largest absolute Gasteiger partial charge is 0.436 e. The molecule has 0 aliphatic rings. The minimum Gasteiger partial charge on any atom is -0.436 e. The predicted molar refractivity (Wildman–Crippen MR) is 68.0 cm³/mol. The van der Waals surface area contributed by atoms with Crippen LogP contribution in [0.4, 0.5) is 8.78 Å². The van der Waals surface area contributed by atoms with Gasteiger partial charge in [0.2, 0.25) is 5.88 Å². The summed E-state index contributed by atoms with van der Waals surface area (Å²) in [6.07, 6.45) is 2.07. The summed E-state index contributed by atoms with van der Waals surface area (Å²) in [7, 11) is 0. The van der Waals surface area contributed by atoms with E-state index in [1.165, 1.54) is 6.20 Å². The zero-order valence-electron chi connectivity index (χ0n) is 10.4. The number of hydrogen-bond acceptors (Lipinski definition) is 3. The van der Waals surface area contributed by atoms with Crippen LogP contribution in [0.2, 0.25) is 0 Å². The molecule has 0 fully saturated rings. The zero-order valence-corrected chi connectivity index (χ0v) is 10.4. The summed E-state index contributed by atoms with van der Waals surface area (Å²) in [5.41, 5.74) is 6.47. The molecule has 0 saturated heterocycles. The van der Waals surface area contributed by atoms with E-state index in [4.69, 9.17) is 10.5 Å². The fourth-order valence-electron chi connectivity index (χ4n) is 1.68. The Balaban J connectivity index is 2.30. The first-order valence-electron chi connectivity index (χ1n) is 5.88. The number of nitrogens with zero attached hydrogens (tertiary/aromatic N) is 1. The maximum Gasteiger partial charge on any atom is 0.222 e. The lowest BCUT2D eigenvalue weighted by molar-refractivity contribution is 0.416. The quantitative estimate of drug-likeness (QED) is 0.923. The molecular weight excluding hydrogens is 250 g/mol. The molecule has 1 atom stereocenters. The first-order valence-corrected chi connectivity index (χ1v) is 5.88. The molecule has 100 valence electrons. The normalized spacial score (nSPS) is 12.2. The molecule has 2 rings (SSSR count). The van der Waals surface area contributed by atoms with Crippen molar-refractivity contribution in [2.24, 2.45) is 5.73 Å². The van der Waals surface area contributed by atoms with Crippen molar-refractivity contribution in [3.8, 4) is 11.6 Å². The Hall–Kier alpha value is -2.01. The van der Waals surface area contributed by atoms with Gasteiger partial charge in [-0.25, -0.2) is 13.8 Å². The van der Waals surface area contributed by atoms with Gasteiger partial charge in [-0.15, -0.1) is 0 Å². The van der Waals surface area contributed by atoms with Crippen LogP contribution in [-0.4, -0.2) is 11.0 Å². The third-order valence-corrected chi connectivity index (χ3v) is 2.49. The van der Waals surface area contributed by atoms with Crippen LogP contribution >= 0.6 is 0 Å². The van der Waals surface area contributed by atoms with Crippen LogP contribution in [0.15, 0.2) is 36.5 Å². The standard InChI is InChI=1S/C14H14F2N2O/c1-9(17)7-10-3-2-6-18-14(10)19-13-8-11(15)4-5-12(13)16/h2-6,8-9H,7,17H2,1H3. The first-order chi connectivity index (χ1) is 9.06. The molecule has 0 spiro atoms. The van der Waals surface area contributed by atoms with Crippen LogP contribution in [0, 0.1) is 11.6 Å². The van der Waals surface area contributed by atoms with Crippen molar-refractivity contribution >= 4 is 0 Å². The van der Waals surface area contributed by atoms with E-state index >= 15 is 0 Å². The Kier molecular flexibility index (Phi) is 4.06. The van der Waals surface area contributed by atoms with E-state index in [0.29, 0.717) is 6.42 Å². The fraction of sp³-hybridized carbons (Fsp3) is 0.214. The number of hydrogen-bond donors (Lipinski definition) is 1. The number of pyridine rings is 1. The van der Waals surface area contributed by atoms with Crippen LogP contribution < -0.4 is 10.5 Å². The topological polar surface area (TPSA) is 48.1 Å². The molecule has 1 aromatic carbocycles. The lowest BCUT2D eigenvalue weighted by Gasteiger charge is -2.11. The molecule has 0 saturated carbocycles. The van der Waals surface area contributed by atoms with E-state index in [1.807, 2.05) is 6.92 Å². The predicted octanol–water partition coefficient (Wildman–Crippen LogP) is 3.04. The average molecular weight is 264 g/mol. The van der Waals surface area contributed by atoms with Crippen LogP contribution in [0.5, 0.6) is 11.6 Å². The molecule has 2 N–H and O–H groups in total. The minimum absolute atomic E-state index is 0.0797. The molecule has 1 unspecified atom stereocenters. The second-order valence-corrected chi connectivity index (χ2v) is 4.33. The van der Waals surface area contributed by atoms with E-state index in [9.17, 15) is 8.78 Å². The van der Waals surface area contributed by atoms with Crippen molar-refractivity contribution in [2.45, 2.75) is 19.4 Å². The van der Waals surface area contributed by atoms with Gasteiger partial charge >= 0.3 is 0 Å². The van der Waals surface area contributed by atoms with Crippen molar-refractivity contribution in [2.75, 3.05) is 0 Å². The van der Waals surface area contributed by atoms with Gasteiger partial charge in [-0.2, -0.15) is 0 Å². The third kappa shape index (κ3) is 3.48. The highest BCUT2D eigenvalue weighted by atomic mass is 19.1. The number of nitrogens with two attached hydrogens (primary N) is 1. The maximum absolute atomic E-state index is 13.5. The van der Waals surface area contributed by atoms with E-state index in [-0.39, 0.29) is 17.7 Å². The second kappa shape index (κ2) is 5.75. The number of halogens is 2. The van der Waals surface area contributed by atoms with E-state index in [1.54, 1.807) is 12.1 Å². The van der Waals surface area contributed by atoms with Gasteiger partial charge in [-0.05, 0) is 31.5 Å². The molecule has 3 nitrogen and oxygen atoms in total. The summed E-state index contributed by atoms with van der Waals surface area (Å²) < 4.78 is 31.9. The van der Waals surface area contributed by atoms with Gasteiger partial charge in [0.1, 0.15) is 5.82 Å². The van der Waals surface area contributed by atoms with E-state index in [2.05, 4.69) is 4.98 Å². The van der Waals surface area contributed by atoms with Crippen molar-refractivity contribution in [1.29, 1.82) is 0 Å². The lowest BCUT2D eigenvalue weighted by Crippen LogP contribution is -2.18. The van der Waals surface area contributed by atoms with Crippen LogP contribution in [0.1, 0.15) is 12.5 Å². The zero-order chi connectivity index (χ0) is 13.8. The smallest absolute Gasteiger partial charge is 0.222 e. The Morgan fingerprint density at radius 2 is 2.11 bits per heavy atom. The maximum atomic E-state index is 13.5. The highest BCUT2D eigenvalue weighted by molar-refractivity contribution is 5.33. The molecular formula is C14H14F2N2O. The van der Waals surface area contributed by atoms with Gasteiger partial charge in [-0.1, -0.05) is 6.07 Å². The van der Waals surface area contributed by atoms with Crippen LogP contribution in [0.25, 0.3) is 0 Å². The molecule has 1 aromatic heterocycles. The summed E-state index contributed by atoms with van der Waals surface area (Å²) in [4.78, 5) is 4.03. The molecule has 0 bridgehead atoms. The highest BCUT2D eigenvalue weighted by Crippen LogP contribution is 2.26. The van der Waals surface area contributed by atoms with Crippen molar-refractivity contribution in [3.05, 3.63) is 53.7 Å². The van der Waals surface area contributed by atoms with Gasteiger partial charge in [0.05, 0.1) is 0 Å². The molecule has 0 aliphatic carbocycles. The van der Waals surface area contributed by atoms with Gasteiger partial charge < -0.3 is 10.5 Å². The molecule has 2 aromatic rings. The van der Waals surface area contributed by atoms with Crippen molar-refractivity contribution in [1.82, 2.24) is 4.98 Å². The molecule has 5 heteroatoms. The van der Waals surface area contributed by atoms with Crippen LogP contribution in [0.3, 0.4) is 0 Å². The number of benzene rings is 1. The van der Waals surface area contributed by atoms with Gasteiger partial charge in [0.25, 0.3) is 0 Å². The molecule has 1 heterocycles. The lowest BCUT2D eigenvalue weighted by atomic mass is 10.1. The summed E-state index contributed by atoms with van der Waals surface area (Å²) >= 11 is 0. The monoisotopic (exact) mass is 264 g/mol. The SMILES string of the molecule is CC(N)Cc1cccnc1Oc1cc(F)ccc1F. The molecule has 0 amide bonds. The molecule has 0 radical (unpaired) electrons. The van der Waals surface area contributed by atoms with Crippen molar-refractivity contribution in [3.63, 3.8) is 0 Å². The number of ether oxygens (including phenoxy) is 1. The minimum atomic E-state index is -0.640. The van der Waals surface area contributed by atoms with Gasteiger partial charge in [0, 0.05) is 23.9 Å². The van der Waals surface area contributed by atoms with Gasteiger partial charge in [-0.3, -0.25) is 0 Å². The second-order valence-electron chi connectivity index (χ2n) is 4.33. The summed E-state index contributed by atoms with van der Waals surface area (Å²) in [5.74, 6) is -1.16. The summed E-state index contributed by atoms with van der Waals surface area (Å²) in [6, 6.07) is 6.49. The summed E-state index contributed by atoms with van der Waals surface area (Å²) in [5, 5.41) is 0. The highest BCUT2D eigenvalue weighted by Gasteiger charge is 2.11. The average Bonchev–Trinajstić information content (AvgIpc) is 2.35. The number of aromatic nitrogens is 1. The fourth-order valence-corrected chi connectivity index (χ4v) is 1.68. The summed E-state index contributed by atoms with van der Waals surface area (Å²) in [6.45, 7) is 1.85.